The lowest BCUT2D eigenvalue weighted by molar-refractivity contribution is 0.101. The minimum atomic E-state index is -0.190. The van der Waals surface area contributed by atoms with Crippen LogP contribution in [0.25, 0.3) is 22.5 Å². The molecule has 5 rings (SSSR count). The Morgan fingerprint density at radius 3 is 2.50 bits per heavy atom. The van der Waals surface area contributed by atoms with Crippen molar-refractivity contribution in [3.63, 3.8) is 0 Å². The number of piperidine rings is 1. The van der Waals surface area contributed by atoms with Gasteiger partial charge in [0.2, 0.25) is 11.7 Å². The van der Waals surface area contributed by atoms with Crippen molar-refractivity contribution in [2.24, 2.45) is 0 Å². The molecule has 8 heteroatoms. The number of likely N-dealkylation sites (tertiary alicyclic amines) is 1. The first-order valence-corrected chi connectivity index (χ1v) is 12.8. The van der Waals surface area contributed by atoms with Gasteiger partial charge in [-0.2, -0.15) is 4.98 Å². The number of hydrogen-bond donors (Lipinski definition) is 1. The fourth-order valence-electron chi connectivity index (χ4n) is 4.79. The van der Waals surface area contributed by atoms with Crippen LogP contribution in [0.3, 0.4) is 0 Å². The average Bonchev–Trinajstić information content (AvgIpc) is 3.35. The number of aryl methyl sites for hydroxylation is 2. The molecule has 4 aromatic rings. The number of aromatic nitrogens is 2. The highest BCUT2D eigenvalue weighted by atomic mass is 16.5. The Morgan fingerprint density at radius 2 is 1.82 bits per heavy atom. The summed E-state index contributed by atoms with van der Waals surface area (Å²) in [6.45, 7) is 5.76. The molecule has 3 aromatic carbocycles. The number of benzene rings is 3. The van der Waals surface area contributed by atoms with Crippen molar-refractivity contribution in [1.82, 2.24) is 15.0 Å². The van der Waals surface area contributed by atoms with Gasteiger partial charge in [0.25, 0.3) is 5.91 Å². The fraction of sp³-hybridized carbons (Fsp3) is 0.300. The minimum Gasteiger partial charge on any atom is -0.493 e. The predicted octanol–water partition coefficient (Wildman–Crippen LogP) is 5.75. The summed E-state index contributed by atoms with van der Waals surface area (Å²) in [7, 11) is 3.72. The Kier molecular flexibility index (Phi) is 7.42. The second-order valence-corrected chi connectivity index (χ2v) is 9.71. The quantitative estimate of drug-likeness (QED) is 0.337. The molecule has 0 saturated carbocycles. The van der Waals surface area contributed by atoms with Crippen LogP contribution in [0.2, 0.25) is 0 Å². The van der Waals surface area contributed by atoms with E-state index in [2.05, 4.69) is 27.4 Å². The van der Waals surface area contributed by atoms with Crippen molar-refractivity contribution < 1.29 is 18.8 Å². The number of nitrogens with zero attached hydrogens (tertiary/aromatic N) is 3. The van der Waals surface area contributed by atoms with E-state index in [4.69, 9.17) is 14.0 Å². The number of anilines is 1. The van der Waals surface area contributed by atoms with Crippen LogP contribution in [-0.2, 0) is 0 Å². The van der Waals surface area contributed by atoms with Gasteiger partial charge in [-0.1, -0.05) is 29.4 Å². The molecule has 0 spiro atoms. The van der Waals surface area contributed by atoms with Gasteiger partial charge in [-0.15, -0.1) is 0 Å². The van der Waals surface area contributed by atoms with Crippen LogP contribution in [0.15, 0.2) is 65.2 Å². The smallest absolute Gasteiger partial charge is 0.255 e. The summed E-state index contributed by atoms with van der Waals surface area (Å²) in [5.41, 5.74) is 5.30. The van der Waals surface area contributed by atoms with E-state index >= 15 is 0 Å². The summed E-state index contributed by atoms with van der Waals surface area (Å²) in [4.78, 5) is 19.6. The third-order valence-corrected chi connectivity index (χ3v) is 6.77. The molecule has 2 heterocycles. The molecule has 8 nitrogen and oxygen atoms in total. The van der Waals surface area contributed by atoms with Crippen LogP contribution in [0.1, 0.15) is 34.7 Å². The van der Waals surface area contributed by atoms with Crippen LogP contribution in [0.4, 0.5) is 5.69 Å². The Bertz CT molecular complexity index is 1430. The van der Waals surface area contributed by atoms with E-state index in [1.165, 1.54) is 0 Å². The zero-order chi connectivity index (χ0) is 26.6. The highest BCUT2D eigenvalue weighted by Gasteiger charge is 2.20. The zero-order valence-electron chi connectivity index (χ0n) is 22.2. The van der Waals surface area contributed by atoms with Crippen molar-refractivity contribution in [2.75, 3.05) is 32.6 Å². The van der Waals surface area contributed by atoms with Crippen LogP contribution in [0.5, 0.6) is 11.5 Å². The number of nitrogens with one attached hydrogen (secondary N) is 1. The molecule has 1 amide bonds. The number of carbonyl (C=O) groups excluding carboxylic acids is 1. The minimum absolute atomic E-state index is 0.0926. The summed E-state index contributed by atoms with van der Waals surface area (Å²) >= 11 is 0. The molecule has 1 fully saturated rings. The third-order valence-electron chi connectivity index (χ3n) is 6.77. The molecule has 1 aromatic heterocycles. The summed E-state index contributed by atoms with van der Waals surface area (Å²) in [6, 6.07) is 19.1. The Labute approximate surface area is 222 Å². The van der Waals surface area contributed by atoms with Crippen LogP contribution < -0.4 is 14.8 Å². The van der Waals surface area contributed by atoms with E-state index in [-0.39, 0.29) is 12.0 Å². The van der Waals surface area contributed by atoms with Gasteiger partial charge in [-0.3, -0.25) is 4.79 Å². The molecule has 1 saturated heterocycles. The predicted molar refractivity (Wildman–Crippen MR) is 147 cm³/mol. The van der Waals surface area contributed by atoms with E-state index in [1.54, 1.807) is 14.0 Å². The first-order chi connectivity index (χ1) is 18.4. The summed E-state index contributed by atoms with van der Waals surface area (Å²) < 4.78 is 16.8. The molecule has 0 radical (unpaired) electrons. The SMILES string of the molecule is COc1ccc(NC(=O)c2ccc(-c3ccc(-c4noc(C)n4)cc3C)cc2)cc1OC1CCCN(C)C1. The number of ether oxygens (including phenoxy) is 2. The van der Waals surface area contributed by atoms with Crippen LogP contribution in [0, 0.1) is 13.8 Å². The van der Waals surface area contributed by atoms with E-state index in [0.717, 1.165) is 48.2 Å². The number of carbonyl (C=O) groups is 1. The van der Waals surface area contributed by atoms with Gasteiger partial charge in [0.1, 0.15) is 6.10 Å². The van der Waals surface area contributed by atoms with E-state index < -0.39 is 0 Å². The van der Waals surface area contributed by atoms with E-state index in [0.29, 0.717) is 34.5 Å². The normalized spacial score (nSPS) is 15.7. The molecule has 1 aliphatic heterocycles. The molecule has 1 unspecified atom stereocenters. The highest BCUT2D eigenvalue weighted by Crippen LogP contribution is 2.33. The van der Waals surface area contributed by atoms with E-state index in [9.17, 15) is 4.79 Å². The lowest BCUT2D eigenvalue weighted by atomic mass is 9.97. The van der Waals surface area contributed by atoms with Gasteiger partial charge in [-0.05, 0) is 80.4 Å². The first-order valence-electron chi connectivity index (χ1n) is 12.8. The van der Waals surface area contributed by atoms with Crippen molar-refractivity contribution in [1.29, 1.82) is 0 Å². The van der Waals surface area contributed by atoms with Gasteiger partial charge < -0.3 is 24.2 Å². The molecule has 1 atom stereocenters. The summed E-state index contributed by atoms with van der Waals surface area (Å²) in [5, 5.41) is 6.98. The number of hydrogen-bond acceptors (Lipinski definition) is 7. The largest absolute Gasteiger partial charge is 0.493 e. The molecule has 0 aliphatic carbocycles. The maximum atomic E-state index is 13.0. The molecule has 1 aliphatic rings. The monoisotopic (exact) mass is 512 g/mol. The first kappa shape index (κ1) is 25.5. The molecular formula is C30H32N4O4. The topological polar surface area (TPSA) is 89.7 Å². The molecular weight excluding hydrogens is 480 g/mol. The lowest BCUT2D eigenvalue weighted by Crippen LogP contribution is -2.38. The fourth-order valence-corrected chi connectivity index (χ4v) is 4.79. The van der Waals surface area contributed by atoms with Gasteiger partial charge in [0.15, 0.2) is 11.5 Å². The zero-order valence-corrected chi connectivity index (χ0v) is 22.2. The maximum absolute atomic E-state index is 13.0. The Balaban J connectivity index is 1.28. The standard InChI is InChI=1S/C30H32N4O4/c1-19-16-23(29-31-20(2)38-33-29)11-13-26(19)21-7-9-22(10-8-21)30(35)32-24-12-14-27(36-4)28(17-24)37-25-6-5-15-34(3)18-25/h7-14,16-17,25H,5-6,15,18H2,1-4H3,(H,32,35). The van der Waals surface area contributed by atoms with Crippen molar-refractivity contribution in [3.05, 3.63) is 77.7 Å². The molecule has 1 N–H and O–H groups in total. The van der Waals surface area contributed by atoms with Crippen LogP contribution in [-0.4, -0.2) is 54.3 Å². The number of methoxy groups -OCH3 is 1. The average molecular weight is 513 g/mol. The second-order valence-electron chi connectivity index (χ2n) is 9.71. The Morgan fingerprint density at radius 1 is 1.03 bits per heavy atom. The van der Waals surface area contributed by atoms with Crippen molar-refractivity contribution in [3.8, 4) is 34.0 Å². The van der Waals surface area contributed by atoms with Gasteiger partial charge >= 0.3 is 0 Å². The second kappa shape index (κ2) is 11.1. The summed E-state index contributed by atoms with van der Waals surface area (Å²) in [5.74, 6) is 2.20. The number of likely N-dealkylation sites (N-methyl/N-ethyl adjacent to an activating group) is 1. The van der Waals surface area contributed by atoms with Crippen molar-refractivity contribution in [2.45, 2.75) is 32.8 Å². The van der Waals surface area contributed by atoms with Crippen LogP contribution >= 0.6 is 0 Å². The van der Waals surface area contributed by atoms with Gasteiger partial charge in [-0.25, -0.2) is 0 Å². The molecule has 196 valence electrons. The van der Waals surface area contributed by atoms with Gasteiger partial charge in [0, 0.05) is 36.3 Å². The van der Waals surface area contributed by atoms with Crippen molar-refractivity contribution >= 4 is 11.6 Å². The van der Waals surface area contributed by atoms with E-state index in [1.807, 2.05) is 67.6 Å². The lowest BCUT2D eigenvalue weighted by Gasteiger charge is -2.30. The number of rotatable bonds is 7. The molecule has 38 heavy (non-hydrogen) atoms. The highest BCUT2D eigenvalue weighted by molar-refractivity contribution is 6.04. The van der Waals surface area contributed by atoms with Gasteiger partial charge in [0.05, 0.1) is 7.11 Å². The third kappa shape index (κ3) is 5.70. The molecule has 0 bridgehead atoms. The summed E-state index contributed by atoms with van der Waals surface area (Å²) in [6.07, 6.45) is 2.18. The number of amides is 1. The Hall–Kier alpha value is -4.17. The maximum Gasteiger partial charge on any atom is 0.255 e.